The van der Waals surface area contributed by atoms with Gasteiger partial charge in [-0.05, 0) is 0 Å². The molecule has 0 aliphatic carbocycles. The second-order valence-electron chi connectivity index (χ2n) is 2.42. The molecule has 82 valence electrons. The molecule has 0 fully saturated rings. The molecule has 0 saturated carbocycles. The fourth-order valence-corrected chi connectivity index (χ4v) is 0.965. The summed E-state index contributed by atoms with van der Waals surface area (Å²) in [6.45, 7) is -0.836. The summed E-state index contributed by atoms with van der Waals surface area (Å²) >= 11 is 0. The molecule has 0 aliphatic heterocycles. The molecule has 0 heterocycles. The van der Waals surface area contributed by atoms with E-state index in [2.05, 4.69) is 4.18 Å². The summed E-state index contributed by atoms with van der Waals surface area (Å²) in [6, 6.07) is 0. The Morgan fingerprint density at radius 1 is 1.43 bits per heavy atom. The Balaban J connectivity index is 4.25. The van der Waals surface area contributed by atoms with Gasteiger partial charge in [0, 0.05) is 6.42 Å². The number of rotatable bonds is 6. The van der Waals surface area contributed by atoms with Gasteiger partial charge >= 0.3 is 16.4 Å². The fourth-order valence-electron chi connectivity index (χ4n) is 0.628. The monoisotopic (exact) mass is 227 g/mol. The standard InChI is InChI=1S/C5H9NO7S/c6-4(7)1-3(5(8)9)2-13-14(10,11)12/h3H,1-2H2,(H2,6,7)(H,8,9)(H,10,11,12)/t3-/m1/s1. The highest BCUT2D eigenvalue weighted by Crippen LogP contribution is 2.05. The molecule has 0 aromatic rings. The van der Waals surface area contributed by atoms with E-state index in [0.717, 1.165) is 0 Å². The predicted octanol–water partition coefficient (Wildman–Crippen LogP) is -1.62. The molecular weight excluding hydrogens is 218 g/mol. The quantitative estimate of drug-likeness (QED) is 0.462. The number of carbonyl (C=O) groups excluding carboxylic acids is 1. The predicted molar refractivity (Wildman–Crippen MR) is 42.4 cm³/mol. The Bertz CT molecular complexity index is 321. The molecule has 0 saturated heterocycles. The number of carboxylic acid groups (broad SMARTS) is 1. The second kappa shape index (κ2) is 4.88. The summed E-state index contributed by atoms with van der Waals surface area (Å²) in [5.74, 6) is -3.74. The van der Waals surface area contributed by atoms with Crippen LogP contribution in [0.25, 0.3) is 0 Å². The summed E-state index contributed by atoms with van der Waals surface area (Å²) < 4.78 is 32.1. The summed E-state index contributed by atoms with van der Waals surface area (Å²) in [5.41, 5.74) is 4.70. The molecule has 0 radical (unpaired) electrons. The van der Waals surface area contributed by atoms with Gasteiger partial charge in [0.05, 0.1) is 12.5 Å². The highest BCUT2D eigenvalue weighted by molar-refractivity contribution is 7.80. The van der Waals surface area contributed by atoms with Crippen LogP contribution in [0, 0.1) is 5.92 Å². The lowest BCUT2D eigenvalue weighted by Gasteiger charge is -2.08. The minimum absolute atomic E-state index is 0.565. The molecule has 0 rings (SSSR count). The van der Waals surface area contributed by atoms with Crippen molar-refractivity contribution in [3.63, 3.8) is 0 Å². The van der Waals surface area contributed by atoms with E-state index >= 15 is 0 Å². The zero-order chi connectivity index (χ0) is 11.4. The third-order valence-electron chi connectivity index (χ3n) is 1.21. The first-order valence-electron chi connectivity index (χ1n) is 3.35. The summed E-state index contributed by atoms with van der Waals surface area (Å²) in [5, 5.41) is 8.45. The van der Waals surface area contributed by atoms with Crippen molar-refractivity contribution in [3.8, 4) is 0 Å². The Morgan fingerprint density at radius 3 is 2.21 bits per heavy atom. The number of hydrogen-bond acceptors (Lipinski definition) is 5. The van der Waals surface area contributed by atoms with Crippen LogP contribution in [-0.4, -0.2) is 36.6 Å². The number of amides is 1. The molecule has 0 aromatic heterocycles. The van der Waals surface area contributed by atoms with E-state index in [1.54, 1.807) is 0 Å². The first kappa shape index (κ1) is 12.8. The first-order chi connectivity index (χ1) is 6.22. The molecular formula is C5H9NO7S. The maximum Gasteiger partial charge on any atom is 0.397 e. The highest BCUT2D eigenvalue weighted by Gasteiger charge is 2.22. The average Bonchev–Trinajstić information content (AvgIpc) is 1.94. The van der Waals surface area contributed by atoms with Crippen molar-refractivity contribution in [1.29, 1.82) is 0 Å². The summed E-state index contributed by atoms with van der Waals surface area (Å²) in [6.07, 6.45) is -0.565. The maximum absolute atomic E-state index is 10.4. The van der Waals surface area contributed by atoms with Gasteiger partial charge in [-0.25, -0.2) is 4.18 Å². The number of carboxylic acids is 1. The number of aliphatic carboxylic acids is 1. The van der Waals surface area contributed by atoms with Gasteiger partial charge in [-0.15, -0.1) is 0 Å². The second-order valence-corrected chi connectivity index (χ2v) is 3.51. The van der Waals surface area contributed by atoms with Gasteiger partial charge in [0.1, 0.15) is 0 Å². The Kier molecular flexibility index (Phi) is 4.47. The van der Waals surface area contributed by atoms with Gasteiger partial charge in [0.15, 0.2) is 0 Å². The molecule has 0 aliphatic rings. The van der Waals surface area contributed by atoms with Crippen LogP contribution in [0.2, 0.25) is 0 Å². The minimum atomic E-state index is -4.70. The number of nitrogens with two attached hydrogens (primary N) is 1. The summed E-state index contributed by atoms with van der Waals surface area (Å²) in [7, 11) is -4.70. The van der Waals surface area contributed by atoms with Crippen molar-refractivity contribution in [2.75, 3.05) is 6.61 Å². The van der Waals surface area contributed by atoms with Gasteiger partial charge in [0.25, 0.3) is 0 Å². The van der Waals surface area contributed by atoms with E-state index in [1.807, 2.05) is 0 Å². The smallest absolute Gasteiger partial charge is 0.397 e. The van der Waals surface area contributed by atoms with Crippen LogP contribution in [-0.2, 0) is 24.2 Å². The lowest BCUT2D eigenvalue weighted by molar-refractivity contribution is -0.144. The van der Waals surface area contributed by atoms with Gasteiger partial charge in [0.2, 0.25) is 5.91 Å². The normalized spacial score (nSPS) is 13.5. The molecule has 8 nitrogen and oxygen atoms in total. The van der Waals surface area contributed by atoms with Crippen molar-refractivity contribution in [1.82, 2.24) is 0 Å². The van der Waals surface area contributed by atoms with Crippen molar-refractivity contribution < 1.29 is 31.8 Å². The van der Waals surface area contributed by atoms with Crippen LogP contribution < -0.4 is 5.73 Å². The lowest BCUT2D eigenvalue weighted by atomic mass is 10.1. The van der Waals surface area contributed by atoms with Gasteiger partial charge in [-0.3, -0.25) is 14.1 Å². The van der Waals surface area contributed by atoms with Crippen LogP contribution >= 0.6 is 0 Å². The first-order valence-corrected chi connectivity index (χ1v) is 4.72. The van der Waals surface area contributed by atoms with E-state index < -0.39 is 41.2 Å². The van der Waals surface area contributed by atoms with Crippen molar-refractivity contribution >= 4 is 22.3 Å². The van der Waals surface area contributed by atoms with Crippen LogP contribution in [0.3, 0.4) is 0 Å². The van der Waals surface area contributed by atoms with Gasteiger partial charge in [-0.1, -0.05) is 0 Å². The zero-order valence-electron chi connectivity index (χ0n) is 6.91. The third-order valence-corrected chi connectivity index (χ3v) is 1.65. The summed E-state index contributed by atoms with van der Waals surface area (Å²) in [4.78, 5) is 20.7. The molecule has 4 N–H and O–H groups in total. The van der Waals surface area contributed by atoms with Gasteiger partial charge < -0.3 is 10.8 Å². The highest BCUT2D eigenvalue weighted by atomic mass is 32.3. The number of hydrogen-bond donors (Lipinski definition) is 3. The third kappa shape index (κ3) is 6.34. The van der Waals surface area contributed by atoms with E-state index in [0.29, 0.717) is 0 Å². The molecule has 1 atom stereocenters. The lowest BCUT2D eigenvalue weighted by Crippen LogP contribution is -2.27. The molecule has 0 spiro atoms. The van der Waals surface area contributed by atoms with Crippen LogP contribution in [0.15, 0.2) is 0 Å². The molecule has 9 heteroatoms. The number of carbonyl (C=O) groups is 2. The Hall–Kier alpha value is -1.19. The van der Waals surface area contributed by atoms with Crippen LogP contribution in [0.4, 0.5) is 0 Å². The maximum atomic E-state index is 10.4. The molecule has 0 aromatic carbocycles. The van der Waals surface area contributed by atoms with E-state index in [1.165, 1.54) is 0 Å². The van der Waals surface area contributed by atoms with Crippen LogP contribution in [0.5, 0.6) is 0 Å². The Labute approximate surface area is 79.6 Å². The SMILES string of the molecule is NC(=O)C[C@H](COS(=O)(=O)O)C(=O)O. The van der Waals surface area contributed by atoms with Crippen LogP contribution in [0.1, 0.15) is 6.42 Å². The Morgan fingerprint density at radius 2 is 1.93 bits per heavy atom. The largest absolute Gasteiger partial charge is 0.481 e. The van der Waals surface area contributed by atoms with E-state index in [9.17, 15) is 18.0 Å². The number of primary amides is 1. The van der Waals surface area contributed by atoms with Gasteiger partial charge in [-0.2, -0.15) is 8.42 Å². The van der Waals surface area contributed by atoms with Crippen molar-refractivity contribution in [3.05, 3.63) is 0 Å². The zero-order valence-corrected chi connectivity index (χ0v) is 7.73. The fraction of sp³-hybridized carbons (Fsp3) is 0.600. The minimum Gasteiger partial charge on any atom is -0.481 e. The average molecular weight is 227 g/mol. The molecule has 0 bridgehead atoms. The molecule has 14 heavy (non-hydrogen) atoms. The van der Waals surface area contributed by atoms with Crippen molar-refractivity contribution in [2.45, 2.75) is 6.42 Å². The molecule has 0 unspecified atom stereocenters. The topological polar surface area (TPSA) is 144 Å². The van der Waals surface area contributed by atoms with E-state index in [4.69, 9.17) is 15.4 Å². The van der Waals surface area contributed by atoms with E-state index in [-0.39, 0.29) is 0 Å². The van der Waals surface area contributed by atoms with Crippen molar-refractivity contribution in [2.24, 2.45) is 11.7 Å². The molecule has 1 amide bonds.